The first kappa shape index (κ1) is 18.2. The minimum Gasteiger partial charge on any atom is -0.468 e. The maximum Gasteiger partial charge on any atom is 0.348 e. The van der Waals surface area contributed by atoms with E-state index in [4.69, 9.17) is 18.3 Å². The van der Waals surface area contributed by atoms with E-state index in [1.54, 1.807) is 37.3 Å². The van der Waals surface area contributed by atoms with Crippen LogP contribution in [0, 0.1) is 0 Å². The molecule has 0 unspecified atom stereocenters. The molecule has 2 heterocycles. The summed E-state index contributed by atoms with van der Waals surface area (Å²) in [4.78, 5) is 37.4. The van der Waals surface area contributed by atoms with Crippen molar-refractivity contribution < 1.29 is 32.6 Å². The lowest BCUT2D eigenvalue weighted by Gasteiger charge is -2.08. The van der Waals surface area contributed by atoms with Gasteiger partial charge in [0.15, 0.2) is 16.9 Å². The standard InChI is InChI=1S/C19H16O8/c1-4-25-17(21)13-14(10-8-6-5-7-9-10)26-18(22)11-12(16(20)23-2)19(24-3)27-15(11)13/h5-9H,4H2,1-3H3. The van der Waals surface area contributed by atoms with Crippen LogP contribution >= 0.6 is 0 Å². The van der Waals surface area contributed by atoms with Crippen molar-refractivity contribution in [3.8, 4) is 17.3 Å². The third-order valence-electron chi connectivity index (χ3n) is 3.82. The molecular formula is C19H16O8. The van der Waals surface area contributed by atoms with Crippen LogP contribution in [0.4, 0.5) is 0 Å². The topological polar surface area (TPSA) is 105 Å². The van der Waals surface area contributed by atoms with Crippen molar-refractivity contribution in [3.05, 3.63) is 51.9 Å². The second-order valence-corrected chi connectivity index (χ2v) is 5.34. The van der Waals surface area contributed by atoms with E-state index >= 15 is 0 Å². The Morgan fingerprint density at radius 2 is 1.70 bits per heavy atom. The predicted octanol–water partition coefficient (Wildman–Crippen LogP) is 3.02. The molecule has 8 nitrogen and oxygen atoms in total. The van der Waals surface area contributed by atoms with Gasteiger partial charge >= 0.3 is 23.5 Å². The number of hydrogen-bond donors (Lipinski definition) is 0. The molecule has 3 aromatic rings. The summed E-state index contributed by atoms with van der Waals surface area (Å²) >= 11 is 0. The number of fused-ring (bicyclic) bond motifs is 1. The first-order valence-corrected chi connectivity index (χ1v) is 8.01. The van der Waals surface area contributed by atoms with Crippen LogP contribution < -0.4 is 10.4 Å². The first-order chi connectivity index (χ1) is 13.0. The number of benzene rings is 1. The van der Waals surface area contributed by atoms with Gasteiger partial charge in [0.05, 0.1) is 20.8 Å². The maximum absolute atomic E-state index is 12.6. The van der Waals surface area contributed by atoms with Crippen molar-refractivity contribution in [2.24, 2.45) is 0 Å². The Morgan fingerprint density at radius 3 is 2.30 bits per heavy atom. The Bertz CT molecular complexity index is 1060. The van der Waals surface area contributed by atoms with Gasteiger partial charge in [0.25, 0.3) is 0 Å². The summed E-state index contributed by atoms with van der Waals surface area (Å²) in [7, 11) is 2.40. The molecule has 0 amide bonds. The molecule has 0 radical (unpaired) electrons. The van der Waals surface area contributed by atoms with Crippen molar-refractivity contribution in [1.29, 1.82) is 0 Å². The Balaban J connectivity index is 2.45. The number of carbonyl (C=O) groups excluding carboxylic acids is 2. The Kier molecular flexibility index (Phi) is 4.98. The summed E-state index contributed by atoms with van der Waals surface area (Å²) in [5.41, 5.74) is -0.945. The monoisotopic (exact) mass is 372 g/mol. The number of carbonyl (C=O) groups is 2. The molecule has 0 bridgehead atoms. The molecule has 2 aromatic heterocycles. The summed E-state index contributed by atoms with van der Waals surface area (Å²) in [5.74, 6) is -1.92. The van der Waals surface area contributed by atoms with Crippen molar-refractivity contribution in [3.63, 3.8) is 0 Å². The van der Waals surface area contributed by atoms with Gasteiger partial charge in [-0.15, -0.1) is 0 Å². The minimum absolute atomic E-state index is 0.0284. The van der Waals surface area contributed by atoms with Crippen molar-refractivity contribution >= 4 is 22.9 Å². The van der Waals surface area contributed by atoms with E-state index in [1.165, 1.54) is 7.11 Å². The normalized spacial score (nSPS) is 10.6. The van der Waals surface area contributed by atoms with Gasteiger partial charge < -0.3 is 23.0 Å². The number of rotatable bonds is 5. The highest BCUT2D eigenvalue weighted by Gasteiger charge is 2.32. The molecule has 0 saturated carbocycles. The number of furan rings is 1. The predicted molar refractivity (Wildman–Crippen MR) is 94.0 cm³/mol. The van der Waals surface area contributed by atoms with Gasteiger partial charge in [-0.1, -0.05) is 30.3 Å². The third-order valence-corrected chi connectivity index (χ3v) is 3.82. The Morgan fingerprint density at radius 1 is 1.00 bits per heavy atom. The first-order valence-electron chi connectivity index (χ1n) is 8.01. The lowest BCUT2D eigenvalue weighted by Crippen LogP contribution is -2.13. The SMILES string of the molecule is CCOC(=O)c1c(-c2ccccc2)oc(=O)c2c(C(=O)OC)c(OC)oc12. The lowest BCUT2D eigenvalue weighted by atomic mass is 10.0. The fraction of sp³-hybridized carbons (Fsp3) is 0.211. The molecule has 0 spiro atoms. The lowest BCUT2D eigenvalue weighted by molar-refractivity contribution is 0.0524. The quantitative estimate of drug-likeness (QED) is 0.629. The van der Waals surface area contributed by atoms with E-state index in [9.17, 15) is 14.4 Å². The van der Waals surface area contributed by atoms with Gasteiger partial charge in [0, 0.05) is 5.56 Å². The van der Waals surface area contributed by atoms with Crippen LogP contribution in [0.1, 0.15) is 27.6 Å². The summed E-state index contributed by atoms with van der Waals surface area (Å²) in [6.45, 7) is 1.73. The number of hydrogen-bond acceptors (Lipinski definition) is 8. The van der Waals surface area contributed by atoms with Crippen LogP contribution in [0.25, 0.3) is 22.3 Å². The van der Waals surface area contributed by atoms with E-state index < -0.39 is 17.6 Å². The van der Waals surface area contributed by atoms with Gasteiger partial charge in [-0.05, 0) is 6.92 Å². The van der Waals surface area contributed by atoms with Crippen LogP contribution in [0.15, 0.2) is 44.0 Å². The second kappa shape index (κ2) is 7.36. The molecule has 0 aliphatic carbocycles. The highest BCUT2D eigenvalue weighted by atomic mass is 16.6. The van der Waals surface area contributed by atoms with Crippen molar-refractivity contribution in [2.75, 3.05) is 20.8 Å². The Labute approximate surface area is 153 Å². The minimum atomic E-state index is -0.871. The van der Waals surface area contributed by atoms with Crippen LogP contribution in [-0.2, 0) is 9.47 Å². The van der Waals surface area contributed by atoms with Gasteiger partial charge in [-0.25, -0.2) is 14.4 Å². The van der Waals surface area contributed by atoms with Crippen molar-refractivity contribution in [1.82, 2.24) is 0 Å². The number of methoxy groups -OCH3 is 2. The summed E-state index contributed by atoms with van der Waals surface area (Å²) in [5, 5.41) is -0.249. The van der Waals surface area contributed by atoms with Crippen LogP contribution in [0.3, 0.4) is 0 Å². The number of esters is 2. The molecule has 3 rings (SSSR count). The van der Waals surface area contributed by atoms with Gasteiger partial charge in [-0.3, -0.25) is 0 Å². The second-order valence-electron chi connectivity index (χ2n) is 5.34. The molecule has 0 aliphatic rings. The average molecular weight is 372 g/mol. The fourth-order valence-corrected chi connectivity index (χ4v) is 2.69. The summed E-state index contributed by atoms with van der Waals surface area (Å²) in [6, 6.07) is 8.53. The van der Waals surface area contributed by atoms with Crippen LogP contribution in [0.5, 0.6) is 5.95 Å². The molecule has 0 atom stereocenters. The van der Waals surface area contributed by atoms with E-state index in [1.807, 2.05) is 0 Å². The maximum atomic E-state index is 12.6. The zero-order chi connectivity index (χ0) is 19.6. The van der Waals surface area contributed by atoms with Gasteiger partial charge in [0.1, 0.15) is 10.9 Å². The fourth-order valence-electron chi connectivity index (χ4n) is 2.69. The highest BCUT2D eigenvalue weighted by molar-refractivity contribution is 6.12. The average Bonchev–Trinajstić information content (AvgIpc) is 3.08. The van der Waals surface area contributed by atoms with Crippen LogP contribution in [0.2, 0.25) is 0 Å². The Hall–Kier alpha value is -3.55. The molecule has 0 fully saturated rings. The van der Waals surface area contributed by atoms with E-state index in [2.05, 4.69) is 4.74 Å². The van der Waals surface area contributed by atoms with Gasteiger partial charge in [0.2, 0.25) is 0 Å². The van der Waals surface area contributed by atoms with E-state index in [0.717, 1.165) is 7.11 Å². The zero-order valence-electron chi connectivity index (χ0n) is 14.9. The zero-order valence-corrected chi connectivity index (χ0v) is 14.9. The molecule has 27 heavy (non-hydrogen) atoms. The summed E-state index contributed by atoms with van der Waals surface area (Å²) in [6.07, 6.45) is 0. The summed E-state index contributed by atoms with van der Waals surface area (Å²) < 4.78 is 25.7. The molecule has 0 aliphatic heterocycles. The molecule has 8 heteroatoms. The van der Waals surface area contributed by atoms with E-state index in [-0.39, 0.29) is 40.4 Å². The van der Waals surface area contributed by atoms with Gasteiger partial charge in [-0.2, -0.15) is 0 Å². The third kappa shape index (κ3) is 3.05. The van der Waals surface area contributed by atoms with E-state index in [0.29, 0.717) is 5.56 Å². The molecule has 1 aromatic carbocycles. The van der Waals surface area contributed by atoms with Crippen LogP contribution in [-0.4, -0.2) is 32.8 Å². The molecular weight excluding hydrogens is 356 g/mol. The largest absolute Gasteiger partial charge is 0.468 e. The number of ether oxygens (including phenoxy) is 3. The molecule has 0 saturated heterocycles. The highest BCUT2D eigenvalue weighted by Crippen LogP contribution is 2.36. The van der Waals surface area contributed by atoms with Crippen molar-refractivity contribution in [2.45, 2.75) is 6.92 Å². The smallest absolute Gasteiger partial charge is 0.348 e. The molecule has 140 valence electrons. The molecule has 0 N–H and O–H groups in total.